The molecule has 0 saturated heterocycles. The molecule has 0 radical (unpaired) electrons. The summed E-state index contributed by atoms with van der Waals surface area (Å²) in [5, 5.41) is 8.51. The summed E-state index contributed by atoms with van der Waals surface area (Å²) in [5.74, 6) is -0.212. The summed E-state index contributed by atoms with van der Waals surface area (Å²) in [6.45, 7) is 0.243. The lowest BCUT2D eigenvalue weighted by Crippen LogP contribution is -2.21. The van der Waals surface area contributed by atoms with E-state index in [4.69, 9.17) is 16.7 Å². The van der Waals surface area contributed by atoms with Crippen molar-refractivity contribution < 1.29 is 13.2 Å². The number of hydrogen-bond donors (Lipinski definition) is 2. The van der Waals surface area contributed by atoms with Crippen LogP contribution < -0.4 is 10.5 Å². The maximum Gasteiger partial charge on any atom is 0.261 e. The molecule has 0 aliphatic rings. The standard InChI is InChI=1S/C16H13ClN2O3S3/c17-11-3-1-10(2-4-11)13-6-7-14(24-13)16(20)19-9-12-5-8-15(23-12)25(18,21)22/h1-8H,9H2,(H,19,20)(H2,18,21,22). The van der Waals surface area contributed by atoms with Gasteiger partial charge in [-0.05, 0) is 42.0 Å². The molecule has 1 aromatic carbocycles. The number of nitrogens with two attached hydrogens (primary N) is 1. The largest absolute Gasteiger partial charge is 0.346 e. The minimum absolute atomic E-state index is 0.0814. The van der Waals surface area contributed by atoms with Crippen LogP contribution >= 0.6 is 34.3 Å². The van der Waals surface area contributed by atoms with Crippen LogP contribution in [0.25, 0.3) is 10.4 Å². The number of halogens is 1. The van der Waals surface area contributed by atoms with E-state index in [0.717, 1.165) is 21.8 Å². The maximum absolute atomic E-state index is 12.3. The predicted molar refractivity (Wildman–Crippen MR) is 102 cm³/mol. The predicted octanol–water partition coefficient (Wildman–Crippen LogP) is 3.71. The molecule has 0 spiro atoms. The van der Waals surface area contributed by atoms with Crippen molar-refractivity contribution in [2.24, 2.45) is 5.14 Å². The first kappa shape index (κ1) is 18.1. The van der Waals surface area contributed by atoms with Crippen molar-refractivity contribution in [2.45, 2.75) is 10.8 Å². The Morgan fingerprint density at radius 1 is 1.04 bits per heavy atom. The third-order valence-electron chi connectivity index (χ3n) is 3.30. The molecule has 0 aliphatic carbocycles. The molecule has 0 fully saturated rings. The first-order valence-electron chi connectivity index (χ1n) is 7.08. The van der Waals surface area contributed by atoms with Crippen LogP contribution in [0.4, 0.5) is 0 Å². The number of benzene rings is 1. The summed E-state index contributed by atoms with van der Waals surface area (Å²) in [5.41, 5.74) is 0.990. The van der Waals surface area contributed by atoms with Crippen molar-refractivity contribution >= 4 is 50.2 Å². The Labute approximate surface area is 158 Å². The molecule has 2 aromatic heterocycles. The SMILES string of the molecule is NS(=O)(=O)c1ccc(CNC(=O)c2ccc(-c3ccc(Cl)cc3)s2)s1. The zero-order valence-corrected chi connectivity index (χ0v) is 15.9. The van der Waals surface area contributed by atoms with E-state index >= 15 is 0 Å². The second-order valence-electron chi connectivity index (χ2n) is 5.12. The van der Waals surface area contributed by atoms with E-state index in [1.807, 2.05) is 18.2 Å². The van der Waals surface area contributed by atoms with Crippen LogP contribution in [-0.4, -0.2) is 14.3 Å². The van der Waals surface area contributed by atoms with Gasteiger partial charge in [0.25, 0.3) is 5.91 Å². The molecule has 130 valence electrons. The summed E-state index contributed by atoms with van der Waals surface area (Å²) >= 11 is 8.30. The van der Waals surface area contributed by atoms with Crippen molar-refractivity contribution in [3.8, 4) is 10.4 Å². The highest BCUT2D eigenvalue weighted by molar-refractivity contribution is 7.91. The molecule has 3 N–H and O–H groups in total. The topological polar surface area (TPSA) is 89.3 Å². The second kappa shape index (κ2) is 7.27. The van der Waals surface area contributed by atoms with Crippen molar-refractivity contribution in [2.75, 3.05) is 0 Å². The van der Waals surface area contributed by atoms with Gasteiger partial charge in [-0.1, -0.05) is 23.7 Å². The van der Waals surface area contributed by atoms with E-state index in [9.17, 15) is 13.2 Å². The van der Waals surface area contributed by atoms with Crippen molar-refractivity contribution in [1.29, 1.82) is 0 Å². The highest BCUT2D eigenvalue weighted by atomic mass is 35.5. The molecule has 3 rings (SSSR count). The first-order valence-corrected chi connectivity index (χ1v) is 10.6. The van der Waals surface area contributed by atoms with E-state index < -0.39 is 10.0 Å². The highest BCUT2D eigenvalue weighted by Gasteiger charge is 2.13. The fourth-order valence-corrected chi connectivity index (χ4v) is 4.86. The normalized spacial score (nSPS) is 11.4. The van der Waals surface area contributed by atoms with E-state index in [0.29, 0.717) is 14.8 Å². The number of nitrogens with one attached hydrogen (secondary N) is 1. The van der Waals surface area contributed by atoms with Crippen molar-refractivity contribution in [1.82, 2.24) is 5.32 Å². The van der Waals surface area contributed by atoms with Gasteiger partial charge in [-0.3, -0.25) is 4.79 Å². The molecule has 0 unspecified atom stereocenters. The van der Waals surface area contributed by atoms with Crippen LogP contribution in [0.15, 0.2) is 52.7 Å². The monoisotopic (exact) mass is 412 g/mol. The lowest BCUT2D eigenvalue weighted by Gasteiger charge is -2.01. The Balaban J connectivity index is 1.66. The minimum Gasteiger partial charge on any atom is -0.346 e. The second-order valence-corrected chi connectivity index (χ2v) is 9.60. The molecule has 0 atom stereocenters. The number of hydrogen-bond acceptors (Lipinski definition) is 5. The zero-order valence-electron chi connectivity index (χ0n) is 12.7. The van der Waals surface area contributed by atoms with Gasteiger partial charge in [-0.2, -0.15) is 0 Å². The highest BCUT2D eigenvalue weighted by Crippen LogP contribution is 2.29. The quantitative estimate of drug-likeness (QED) is 0.669. The van der Waals surface area contributed by atoms with Crippen LogP contribution in [0.3, 0.4) is 0 Å². The molecule has 5 nitrogen and oxygen atoms in total. The molecule has 0 bridgehead atoms. The molecular formula is C16H13ClN2O3S3. The van der Waals surface area contributed by atoms with Gasteiger partial charge in [-0.25, -0.2) is 13.6 Å². The number of amides is 1. The van der Waals surface area contributed by atoms with Crippen LogP contribution in [0.5, 0.6) is 0 Å². The van der Waals surface area contributed by atoms with Crippen molar-refractivity contribution in [3.63, 3.8) is 0 Å². The van der Waals surface area contributed by atoms with E-state index in [1.165, 1.54) is 17.4 Å². The summed E-state index contributed by atoms with van der Waals surface area (Å²) in [6, 6.07) is 14.1. The van der Waals surface area contributed by atoms with Crippen LogP contribution in [0, 0.1) is 0 Å². The molecule has 1 amide bonds. The van der Waals surface area contributed by atoms with Gasteiger partial charge >= 0.3 is 0 Å². The van der Waals surface area contributed by atoms with E-state index in [1.54, 1.807) is 24.3 Å². The number of primary sulfonamides is 1. The average Bonchev–Trinajstić information content (AvgIpc) is 3.22. The van der Waals surface area contributed by atoms with Gasteiger partial charge in [0.15, 0.2) is 0 Å². The van der Waals surface area contributed by atoms with Crippen LogP contribution in [0.2, 0.25) is 5.02 Å². The van der Waals surface area contributed by atoms with Gasteiger partial charge in [0.05, 0.1) is 11.4 Å². The Morgan fingerprint density at radius 2 is 1.76 bits per heavy atom. The van der Waals surface area contributed by atoms with Gasteiger partial charge < -0.3 is 5.32 Å². The number of thiophene rings is 2. The Kier molecular flexibility index (Phi) is 5.26. The smallest absolute Gasteiger partial charge is 0.261 e. The number of carbonyl (C=O) groups is 1. The Hall–Kier alpha value is -1.71. The molecule has 2 heterocycles. The number of carbonyl (C=O) groups excluding carboxylic acids is 1. The molecule has 0 saturated carbocycles. The Bertz CT molecular complexity index is 1010. The average molecular weight is 413 g/mol. The minimum atomic E-state index is -3.70. The number of rotatable bonds is 5. The lowest BCUT2D eigenvalue weighted by molar-refractivity contribution is 0.0955. The van der Waals surface area contributed by atoms with Gasteiger partial charge in [0.2, 0.25) is 10.0 Å². The maximum atomic E-state index is 12.3. The third-order valence-corrected chi connectivity index (χ3v) is 7.21. The van der Waals surface area contributed by atoms with Crippen LogP contribution in [-0.2, 0) is 16.6 Å². The third kappa shape index (κ3) is 4.47. The van der Waals surface area contributed by atoms with Gasteiger partial charge in [-0.15, -0.1) is 22.7 Å². The molecule has 3 aromatic rings. The summed E-state index contributed by atoms with van der Waals surface area (Å²) in [6.07, 6.45) is 0. The summed E-state index contributed by atoms with van der Waals surface area (Å²) < 4.78 is 22.6. The molecule has 9 heteroatoms. The van der Waals surface area contributed by atoms with E-state index in [2.05, 4.69) is 5.32 Å². The fourth-order valence-electron chi connectivity index (χ4n) is 2.09. The first-order chi connectivity index (χ1) is 11.8. The molecule has 0 aliphatic heterocycles. The fraction of sp³-hybridized carbons (Fsp3) is 0.0625. The summed E-state index contributed by atoms with van der Waals surface area (Å²) in [7, 11) is -3.70. The zero-order chi connectivity index (χ0) is 18.0. The lowest BCUT2D eigenvalue weighted by atomic mass is 10.2. The Morgan fingerprint density at radius 3 is 2.40 bits per heavy atom. The summed E-state index contributed by atoms with van der Waals surface area (Å²) in [4.78, 5) is 14.5. The van der Waals surface area contributed by atoms with Crippen molar-refractivity contribution in [3.05, 3.63) is 63.3 Å². The van der Waals surface area contributed by atoms with E-state index in [-0.39, 0.29) is 16.7 Å². The molecule has 25 heavy (non-hydrogen) atoms. The molecular weight excluding hydrogens is 400 g/mol. The van der Waals surface area contributed by atoms with Crippen LogP contribution in [0.1, 0.15) is 14.5 Å². The number of sulfonamides is 1. The van der Waals surface area contributed by atoms with Gasteiger partial charge in [0, 0.05) is 14.8 Å². The van der Waals surface area contributed by atoms with Gasteiger partial charge in [0.1, 0.15) is 4.21 Å².